The fourth-order valence-electron chi connectivity index (χ4n) is 2.82. The first kappa shape index (κ1) is 21.7. The molecule has 3 aromatic carbocycles. The van der Waals surface area contributed by atoms with Crippen molar-refractivity contribution in [1.82, 2.24) is 0 Å². The van der Waals surface area contributed by atoms with Crippen molar-refractivity contribution < 1.29 is 35.5 Å². The van der Waals surface area contributed by atoms with Gasteiger partial charge in [0.15, 0.2) is 29.0 Å². The van der Waals surface area contributed by atoms with Gasteiger partial charge in [-0.1, -0.05) is 23.8 Å². The van der Waals surface area contributed by atoms with Crippen LogP contribution in [0, 0.1) is 36.0 Å². The van der Waals surface area contributed by atoms with Crippen molar-refractivity contribution in [1.29, 1.82) is 0 Å². The molecule has 0 saturated heterocycles. The third kappa shape index (κ3) is 4.58. The summed E-state index contributed by atoms with van der Waals surface area (Å²) in [5, 5.41) is 0. The van der Waals surface area contributed by atoms with Crippen molar-refractivity contribution in [2.24, 2.45) is 0 Å². The topological polar surface area (TPSA) is 9.23 Å². The van der Waals surface area contributed by atoms with Gasteiger partial charge in [-0.05, 0) is 61.2 Å². The lowest BCUT2D eigenvalue weighted by molar-refractivity contribution is -0.187. The van der Waals surface area contributed by atoms with Gasteiger partial charge in [0, 0.05) is 0 Å². The van der Waals surface area contributed by atoms with Crippen molar-refractivity contribution in [2.45, 2.75) is 25.9 Å². The van der Waals surface area contributed by atoms with Crippen LogP contribution in [0.1, 0.15) is 22.3 Å². The second-order valence-electron chi connectivity index (χ2n) is 6.71. The van der Waals surface area contributed by atoms with Crippen LogP contribution in [0.5, 0.6) is 5.75 Å². The van der Waals surface area contributed by atoms with Crippen LogP contribution in [-0.4, -0.2) is 0 Å². The molecular weight excluding hydrogens is 413 g/mol. The Morgan fingerprint density at radius 1 is 0.733 bits per heavy atom. The highest BCUT2D eigenvalue weighted by Crippen LogP contribution is 2.34. The third-order valence-electron chi connectivity index (χ3n) is 4.48. The molecular formula is C22H15F7O. The molecule has 30 heavy (non-hydrogen) atoms. The summed E-state index contributed by atoms with van der Waals surface area (Å²) in [4.78, 5) is 0. The van der Waals surface area contributed by atoms with Crippen LogP contribution in [0.15, 0.2) is 48.5 Å². The Morgan fingerprint density at radius 2 is 1.33 bits per heavy atom. The Hall–Kier alpha value is -3.03. The van der Waals surface area contributed by atoms with Crippen LogP contribution in [-0.2, 0) is 19.0 Å². The number of aryl methyl sites for hydroxylation is 3. The maximum atomic E-state index is 14.3. The van der Waals surface area contributed by atoms with Crippen LogP contribution in [0.4, 0.5) is 30.7 Å². The Labute approximate surface area is 167 Å². The van der Waals surface area contributed by atoms with E-state index in [2.05, 4.69) is 4.74 Å². The highest BCUT2D eigenvalue weighted by atomic mass is 19.3. The van der Waals surface area contributed by atoms with Gasteiger partial charge >= 0.3 is 6.11 Å². The van der Waals surface area contributed by atoms with E-state index < -0.39 is 46.5 Å². The van der Waals surface area contributed by atoms with Gasteiger partial charge in [-0.2, -0.15) is 13.2 Å². The van der Waals surface area contributed by atoms with Crippen molar-refractivity contribution in [3.63, 3.8) is 0 Å². The molecule has 0 N–H and O–H groups in total. The molecule has 0 bridgehead atoms. The molecule has 1 nitrogen and oxygen atoms in total. The minimum atomic E-state index is -3.90. The number of hydrogen-bond donors (Lipinski definition) is 0. The summed E-state index contributed by atoms with van der Waals surface area (Å²) in [7, 11) is 0. The average Bonchev–Trinajstić information content (AvgIpc) is 2.69. The minimum Gasteiger partial charge on any atom is -0.426 e. The quantitative estimate of drug-likeness (QED) is 0.317. The maximum Gasteiger partial charge on any atom is 0.426 e. The van der Waals surface area contributed by atoms with Crippen molar-refractivity contribution >= 4 is 0 Å². The van der Waals surface area contributed by atoms with E-state index in [1.165, 1.54) is 12.1 Å². The number of alkyl halides is 2. The van der Waals surface area contributed by atoms with Gasteiger partial charge in [0.05, 0.1) is 5.56 Å². The van der Waals surface area contributed by atoms with E-state index in [9.17, 15) is 30.7 Å². The molecule has 158 valence electrons. The van der Waals surface area contributed by atoms with E-state index in [0.29, 0.717) is 0 Å². The summed E-state index contributed by atoms with van der Waals surface area (Å²) in [5.74, 6) is -8.46. The number of ether oxygens (including phenoxy) is 1. The molecule has 0 heterocycles. The summed E-state index contributed by atoms with van der Waals surface area (Å²) in [6.45, 7) is 1.70. The molecule has 8 heteroatoms. The molecule has 0 amide bonds. The molecule has 0 aliphatic heterocycles. The minimum absolute atomic E-state index is 0.0254. The number of benzene rings is 3. The molecule has 0 spiro atoms. The molecule has 0 unspecified atom stereocenters. The lowest BCUT2D eigenvalue weighted by Gasteiger charge is -2.19. The SMILES string of the molecule is Cc1ccc(C(F)(F)Oc2ccc(CCc3cc(F)c(F)c(F)c3)c(F)c2F)cc1. The van der Waals surface area contributed by atoms with Gasteiger partial charge in [0.2, 0.25) is 5.82 Å². The zero-order valence-corrected chi connectivity index (χ0v) is 15.6. The normalized spacial score (nSPS) is 11.6. The van der Waals surface area contributed by atoms with Crippen LogP contribution >= 0.6 is 0 Å². The maximum absolute atomic E-state index is 14.3. The fraction of sp³-hybridized carbons (Fsp3) is 0.182. The lowest BCUT2D eigenvalue weighted by Crippen LogP contribution is -2.22. The molecule has 0 aromatic heterocycles. The third-order valence-corrected chi connectivity index (χ3v) is 4.48. The first-order chi connectivity index (χ1) is 14.1. The zero-order valence-electron chi connectivity index (χ0n) is 15.6. The van der Waals surface area contributed by atoms with E-state index >= 15 is 0 Å². The standard InChI is InChI=1S/C22H15F7O/c1-12-2-7-15(8-3-12)22(28,29)30-18-9-6-14(19(25)21(18)27)5-4-13-10-16(23)20(26)17(24)11-13/h2-3,6-11H,4-5H2,1H3. The number of hydrogen-bond acceptors (Lipinski definition) is 1. The van der Waals surface area contributed by atoms with Crippen molar-refractivity contribution in [3.05, 3.63) is 99.9 Å². The molecule has 3 rings (SSSR count). The van der Waals surface area contributed by atoms with Crippen molar-refractivity contribution in [2.75, 3.05) is 0 Å². The fourth-order valence-corrected chi connectivity index (χ4v) is 2.82. The van der Waals surface area contributed by atoms with Crippen LogP contribution < -0.4 is 4.74 Å². The molecule has 0 saturated carbocycles. The Morgan fingerprint density at radius 3 is 1.93 bits per heavy atom. The number of halogens is 7. The summed E-state index contributed by atoms with van der Waals surface area (Å²) < 4.78 is 101. The highest BCUT2D eigenvalue weighted by molar-refractivity contribution is 5.33. The number of rotatable bonds is 6. The van der Waals surface area contributed by atoms with Crippen molar-refractivity contribution in [3.8, 4) is 5.75 Å². The summed E-state index contributed by atoms with van der Waals surface area (Å²) in [6.07, 6.45) is -4.24. The summed E-state index contributed by atoms with van der Waals surface area (Å²) >= 11 is 0. The molecule has 0 radical (unpaired) electrons. The average molecular weight is 428 g/mol. The van der Waals surface area contributed by atoms with Crippen LogP contribution in [0.3, 0.4) is 0 Å². The van der Waals surface area contributed by atoms with E-state index in [1.54, 1.807) is 6.92 Å². The summed E-state index contributed by atoms with van der Waals surface area (Å²) in [6, 6.07) is 8.44. The largest absolute Gasteiger partial charge is 0.426 e. The van der Waals surface area contributed by atoms with Gasteiger partial charge in [-0.3, -0.25) is 0 Å². The van der Waals surface area contributed by atoms with Gasteiger partial charge < -0.3 is 4.74 Å². The predicted octanol–water partition coefficient (Wildman–Crippen LogP) is 6.60. The van der Waals surface area contributed by atoms with E-state index in [1.807, 2.05) is 0 Å². The van der Waals surface area contributed by atoms with Gasteiger partial charge in [0.25, 0.3) is 0 Å². The highest BCUT2D eigenvalue weighted by Gasteiger charge is 2.36. The Kier molecular flexibility index (Phi) is 6.05. The predicted molar refractivity (Wildman–Crippen MR) is 95.8 cm³/mol. The van der Waals surface area contributed by atoms with Gasteiger partial charge in [-0.25, -0.2) is 17.6 Å². The lowest BCUT2D eigenvalue weighted by atomic mass is 10.0. The van der Waals surface area contributed by atoms with Crippen LogP contribution in [0.25, 0.3) is 0 Å². The summed E-state index contributed by atoms with van der Waals surface area (Å²) in [5.41, 5.74) is 0.00970. The first-order valence-electron chi connectivity index (χ1n) is 8.82. The Bertz CT molecular complexity index is 1040. The van der Waals surface area contributed by atoms with E-state index in [-0.39, 0.29) is 24.0 Å². The Balaban J connectivity index is 1.77. The molecule has 3 aromatic rings. The second kappa shape index (κ2) is 8.38. The molecule has 0 aliphatic carbocycles. The smallest absolute Gasteiger partial charge is 0.426 e. The van der Waals surface area contributed by atoms with E-state index in [4.69, 9.17) is 0 Å². The molecule has 0 aliphatic rings. The van der Waals surface area contributed by atoms with Crippen LogP contribution in [0.2, 0.25) is 0 Å². The molecule has 0 atom stereocenters. The second-order valence-corrected chi connectivity index (χ2v) is 6.71. The van der Waals surface area contributed by atoms with Gasteiger partial charge in [0.1, 0.15) is 0 Å². The monoisotopic (exact) mass is 428 g/mol. The zero-order chi connectivity index (χ0) is 22.1. The molecule has 0 fully saturated rings. The van der Waals surface area contributed by atoms with Gasteiger partial charge in [-0.15, -0.1) is 0 Å². The first-order valence-corrected chi connectivity index (χ1v) is 8.82. The van der Waals surface area contributed by atoms with E-state index in [0.717, 1.165) is 42.0 Å².